The quantitative estimate of drug-likeness (QED) is 0.504. The number of aromatic nitrogens is 1. The van der Waals surface area contributed by atoms with Gasteiger partial charge in [0, 0.05) is 30.2 Å². The van der Waals surface area contributed by atoms with Gasteiger partial charge in [-0.1, -0.05) is 18.2 Å². The first-order valence-electron chi connectivity index (χ1n) is 10.5. The number of methoxy groups -OCH3 is 2. The summed E-state index contributed by atoms with van der Waals surface area (Å²) in [5.41, 5.74) is 3.07. The molecule has 5 rings (SSSR count). The summed E-state index contributed by atoms with van der Waals surface area (Å²) in [5, 5.41) is 0.690. The highest BCUT2D eigenvalue weighted by molar-refractivity contribution is 6.45. The van der Waals surface area contributed by atoms with Crippen molar-refractivity contribution in [3.8, 4) is 11.5 Å². The fourth-order valence-electron chi connectivity index (χ4n) is 4.72. The molecule has 2 aliphatic heterocycles. The lowest BCUT2D eigenvalue weighted by molar-refractivity contribution is -0.147. The minimum atomic E-state index is -0.671. The molecule has 0 aliphatic carbocycles. The van der Waals surface area contributed by atoms with Gasteiger partial charge in [-0.05, 0) is 35.7 Å². The van der Waals surface area contributed by atoms with E-state index >= 15 is 0 Å². The number of fused-ring (bicyclic) bond motifs is 4. The molecule has 3 heterocycles. The standard InChI is InChI=1S/C24H23N3O5/c1-31-20-9-14-7-8-27-19(16(14)10-21(20)32-2)12-26(13-22(27)28)24(30)23(29)17-11-25-18-6-4-3-5-15(17)18/h3-6,9-11,19,25H,7-8,12-13H2,1-2H3. The van der Waals surface area contributed by atoms with Crippen LogP contribution in [-0.4, -0.2) is 66.2 Å². The van der Waals surface area contributed by atoms with Gasteiger partial charge in [0.15, 0.2) is 11.5 Å². The van der Waals surface area contributed by atoms with E-state index in [9.17, 15) is 14.4 Å². The highest BCUT2D eigenvalue weighted by Crippen LogP contribution is 2.39. The lowest BCUT2D eigenvalue weighted by Gasteiger charge is -2.44. The van der Waals surface area contributed by atoms with Crippen LogP contribution in [0.3, 0.4) is 0 Å². The van der Waals surface area contributed by atoms with Crippen LogP contribution in [0.15, 0.2) is 42.6 Å². The highest BCUT2D eigenvalue weighted by atomic mass is 16.5. The molecule has 2 aromatic carbocycles. The molecular weight excluding hydrogens is 410 g/mol. The van der Waals surface area contributed by atoms with Crippen molar-refractivity contribution in [2.75, 3.05) is 33.9 Å². The fourth-order valence-corrected chi connectivity index (χ4v) is 4.72. The lowest BCUT2D eigenvalue weighted by atomic mass is 9.90. The van der Waals surface area contributed by atoms with Crippen molar-refractivity contribution in [1.82, 2.24) is 14.8 Å². The number of carbonyl (C=O) groups is 3. The maximum Gasteiger partial charge on any atom is 0.295 e. The summed E-state index contributed by atoms with van der Waals surface area (Å²) in [6, 6.07) is 10.8. The summed E-state index contributed by atoms with van der Waals surface area (Å²) in [5.74, 6) is -0.257. The summed E-state index contributed by atoms with van der Waals surface area (Å²) >= 11 is 0. The summed E-state index contributed by atoms with van der Waals surface area (Å²) in [6.45, 7) is 0.706. The molecule has 1 atom stereocenters. The Morgan fingerprint density at radius 3 is 2.62 bits per heavy atom. The van der Waals surface area contributed by atoms with E-state index in [1.165, 1.54) is 4.90 Å². The van der Waals surface area contributed by atoms with Gasteiger partial charge in [0.2, 0.25) is 5.91 Å². The van der Waals surface area contributed by atoms with Crippen LogP contribution in [0.1, 0.15) is 27.5 Å². The predicted molar refractivity (Wildman–Crippen MR) is 117 cm³/mol. The maximum atomic E-state index is 13.1. The minimum absolute atomic E-state index is 0.105. The average molecular weight is 433 g/mol. The molecule has 0 spiro atoms. The molecule has 8 heteroatoms. The van der Waals surface area contributed by atoms with Crippen molar-refractivity contribution < 1.29 is 23.9 Å². The van der Waals surface area contributed by atoms with Crippen LogP contribution in [0.5, 0.6) is 11.5 Å². The number of Topliss-reactive ketones (excluding diaryl/α,β-unsaturated/α-hetero) is 1. The number of nitrogens with zero attached hydrogens (tertiary/aromatic N) is 2. The summed E-state index contributed by atoms with van der Waals surface area (Å²) in [7, 11) is 3.15. The van der Waals surface area contributed by atoms with Crippen molar-refractivity contribution in [3.05, 3.63) is 59.3 Å². The molecule has 0 saturated carbocycles. The summed E-state index contributed by atoms with van der Waals surface area (Å²) in [4.78, 5) is 45.3. The Balaban J connectivity index is 1.46. The smallest absolute Gasteiger partial charge is 0.295 e. The van der Waals surface area contributed by atoms with Gasteiger partial charge in [0.25, 0.3) is 11.7 Å². The molecule has 2 aliphatic rings. The molecule has 3 aromatic rings. The van der Waals surface area contributed by atoms with E-state index < -0.39 is 11.7 Å². The third kappa shape index (κ3) is 3.10. The Kier molecular flexibility index (Phi) is 4.84. The molecule has 0 radical (unpaired) electrons. The molecule has 1 aromatic heterocycles. The van der Waals surface area contributed by atoms with Gasteiger partial charge >= 0.3 is 0 Å². The van der Waals surface area contributed by atoms with Crippen molar-refractivity contribution in [3.63, 3.8) is 0 Å². The van der Waals surface area contributed by atoms with Crippen LogP contribution in [-0.2, 0) is 16.0 Å². The van der Waals surface area contributed by atoms with Gasteiger partial charge in [-0.25, -0.2) is 0 Å². The second kappa shape index (κ2) is 7.71. The topological polar surface area (TPSA) is 91.9 Å². The zero-order valence-electron chi connectivity index (χ0n) is 17.9. The Labute approximate surface area is 184 Å². The van der Waals surface area contributed by atoms with Gasteiger partial charge in [0.05, 0.1) is 25.8 Å². The monoisotopic (exact) mass is 433 g/mol. The lowest BCUT2D eigenvalue weighted by Crippen LogP contribution is -2.56. The third-order valence-corrected chi connectivity index (χ3v) is 6.36. The first kappa shape index (κ1) is 20.1. The summed E-state index contributed by atoms with van der Waals surface area (Å²) < 4.78 is 10.9. The maximum absolute atomic E-state index is 13.1. The zero-order valence-corrected chi connectivity index (χ0v) is 17.9. The van der Waals surface area contributed by atoms with E-state index in [1.807, 2.05) is 30.3 Å². The molecule has 1 N–H and O–H groups in total. The average Bonchev–Trinajstić information content (AvgIpc) is 3.26. The van der Waals surface area contributed by atoms with Crippen LogP contribution in [0, 0.1) is 0 Å². The molecule has 1 unspecified atom stereocenters. The number of hydrogen-bond donors (Lipinski definition) is 1. The van der Waals surface area contributed by atoms with E-state index in [0.717, 1.165) is 16.6 Å². The van der Waals surface area contributed by atoms with Crippen LogP contribution in [0.25, 0.3) is 10.9 Å². The third-order valence-electron chi connectivity index (χ3n) is 6.36. The number of ketones is 1. The normalized spacial score (nSPS) is 17.7. The van der Waals surface area contributed by atoms with Crippen LogP contribution < -0.4 is 9.47 Å². The number of H-pyrrole nitrogens is 1. The first-order valence-corrected chi connectivity index (χ1v) is 10.5. The molecule has 1 saturated heterocycles. The van der Waals surface area contributed by atoms with Gasteiger partial charge in [0.1, 0.15) is 6.54 Å². The molecule has 0 bridgehead atoms. The number of piperazine rings is 1. The van der Waals surface area contributed by atoms with Gasteiger partial charge < -0.3 is 24.3 Å². The van der Waals surface area contributed by atoms with Crippen LogP contribution in [0.2, 0.25) is 0 Å². The first-order chi connectivity index (χ1) is 15.5. The van der Waals surface area contributed by atoms with E-state index in [-0.39, 0.29) is 25.0 Å². The number of hydrogen-bond acceptors (Lipinski definition) is 5. The van der Waals surface area contributed by atoms with E-state index in [0.29, 0.717) is 35.4 Å². The Bertz CT molecular complexity index is 1250. The number of amides is 2. The second-order valence-electron chi connectivity index (χ2n) is 8.02. The van der Waals surface area contributed by atoms with Crippen molar-refractivity contribution >= 4 is 28.5 Å². The van der Waals surface area contributed by atoms with Crippen molar-refractivity contribution in [2.45, 2.75) is 12.5 Å². The number of rotatable bonds is 4. The number of carbonyl (C=O) groups excluding carboxylic acids is 3. The molecule has 32 heavy (non-hydrogen) atoms. The molecule has 2 amide bonds. The Morgan fingerprint density at radius 1 is 1.09 bits per heavy atom. The van der Waals surface area contributed by atoms with Crippen molar-refractivity contribution in [2.24, 2.45) is 0 Å². The minimum Gasteiger partial charge on any atom is -0.493 e. The van der Waals surface area contributed by atoms with Gasteiger partial charge in [-0.3, -0.25) is 14.4 Å². The van der Waals surface area contributed by atoms with E-state index in [4.69, 9.17) is 9.47 Å². The second-order valence-corrected chi connectivity index (χ2v) is 8.02. The number of ether oxygens (including phenoxy) is 2. The van der Waals surface area contributed by atoms with E-state index in [1.54, 1.807) is 31.4 Å². The van der Waals surface area contributed by atoms with Crippen LogP contribution >= 0.6 is 0 Å². The molecule has 8 nitrogen and oxygen atoms in total. The summed E-state index contributed by atoms with van der Waals surface area (Å²) in [6.07, 6.45) is 2.25. The molecule has 164 valence electrons. The largest absolute Gasteiger partial charge is 0.493 e. The number of nitrogens with one attached hydrogen (secondary N) is 1. The fraction of sp³-hybridized carbons (Fsp3) is 0.292. The van der Waals surface area contributed by atoms with Gasteiger partial charge in [-0.2, -0.15) is 0 Å². The van der Waals surface area contributed by atoms with Crippen LogP contribution in [0.4, 0.5) is 0 Å². The highest BCUT2D eigenvalue weighted by Gasteiger charge is 2.40. The van der Waals surface area contributed by atoms with Crippen molar-refractivity contribution in [1.29, 1.82) is 0 Å². The van der Waals surface area contributed by atoms with Gasteiger partial charge in [-0.15, -0.1) is 0 Å². The Morgan fingerprint density at radius 2 is 1.84 bits per heavy atom. The zero-order chi connectivity index (χ0) is 22.4. The SMILES string of the molecule is COc1cc2c(cc1OC)C1CN(C(=O)C(=O)c3c[nH]c4ccccc34)CC(=O)N1CC2. The number of benzene rings is 2. The number of aromatic amines is 1. The number of para-hydroxylation sites is 1. The Hall–Kier alpha value is -3.81. The van der Waals surface area contributed by atoms with E-state index in [2.05, 4.69) is 4.98 Å². The molecular formula is C24H23N3O5. The molecule has 1 fully saturated rings. The predicted octanol–water partition coefficient (Wildman–Crippen LogP) is 2.34.